The Morgan fingerprint density at radius 1 is 1.07 bits per heavy atom. The van der Waals surface area contributed by atoms with E-state index in [0.29, 0.717) is 22.6 Å². The van der Waals surface area contributed by atoms with E-state index in [9.17, 15) is 9.59 Å². The van der Waals surface area contributed by atoms with Crippen molar-refractivity contribution in [3.63, 3.8) is 0 Å². The van der Waals surface area contributed by atoms with Gasteiger partial charge in [0.15, 0.2) is 11.4 Å². The molecule has 1 aromatic carbocycles. The van der Waals surface area contributed by atoms with Crippen LogP contribution in [0.25, 0.3) is 17.0 Å². The molecule has 2 atom stereocenters. The number of aryl methyl sites for hydroxylation is 1. The fraction of sp³-hybridized carbons (Fsp3) is 0.500. The molecule has 2 aliphatic heterocycles. The molecule has 0 aliphatic carbocycles. The smallest absolute Gasteiger partial charge is 0.336 e. The van der Waals surface area contributed by atoms with Crippen molar-refractivity contribution in [2.24, 2.45) is 0 Å². The first kappa shape index (κ1) is 19.7. The average Bonchev–Trinajstić information content (AvgIpc) is 2.69. The lowest BCUT2D eigenvalue weighted by molar-refractivity contribution is 0.0870. The summed E-state index contributed by atoms with van der Waals surface area (Å²) in [6.45, 7) is 6.15. The van der Waals surface area contributed by atoms with E-state index in [0.717, 1.165) is 55.0 Å². The van der Waals surface area contributed by atoms with Gasteiger partial charge < -0.3 is 13.9 Å². The Bertz CT molecular complexity index is 1030. The lowest BCUT2D eigenvalue weighted by Gasteiger charge is -2.30. The molecule has 0 spiro atoms. The third-order valence-electron chi connectivity index (χ3n) is 5.67. The highest BCUT2D eigenvalue weighted by Gasteiger charge is 2.35. The van der Waals surface area contributed by atoms with Gasteiger partial charge in [-0.05, 0) is 50.3 Å². The number of benzene rings is 1. The first-order valence-corrected chi connectivity index (χ1v) is 10.7. The van der Waals surface area contributed by atoms with Gasteiger partial charge in [-0.1, -0.05) is 26.7 Å². The largest absolute Gasteiger partial charge is 0.489 e. The maximum absolute atomic E-state index is 12.9. The van der Waals surface area contributed by atoms with Crippen molar-refractivity contribution in [3.05, 3.63) is 39.3 Å². The van der Waals surface area contributed by atoms with Gasteiger partial charge in [-0.3, -0.25) is 4.79 Å². The number of Topliss-reactive ketones (excluding diaryl/α,β-unsaturated/α-hetero) is 1. The van der Waals surface area contributed by atoms with Gasteiger partial charge in [-0.2, -0.15) is 0 Å². The van der Waals surface area contributed by atoms with Gasteiger partial charge in [0.2, 0.25) is 0 Å². The third kappa shape index (κ3) is 3.59. The number of fused-ring (bicyclic) bond motifs is 6. The minimum atomic E-state index is -0.439. The predicted octanol–water partition coefficient (Wildman–Crippen LogP) is 5.45. The minimum Gasteiger partial charge on any atom is -0.489 e. The molecule has 2 aromatic rings. The Labute approximate surface area is 170 Å². The predicted molar refractivity (Wildman–Crippen MR) is 113 cm³/mol. The Kier molecular flexibility index (Phi) is 5.48. The Morgan fingerprint density at radius 2 is 1.86 bits per heavy atom. The van der Waals surface area contributed by atoms with Gasteiger partial charge in [0.1, 0.15) is 29.3 Å². The molecular formula is C24H28O5. The van der Waals surface area contributed by atoms with Crippen molar-refractivity contribution >= 4 is 22.8 Å². The van der Waals surface area contributed by atoms with E-state index in [-0.39, 0.29) is 24.4 Å². The maximum atomic E-state index is 12.9. The summed E-state index contributed by atoms with van der Waals surface area (Å²) in [4.78, 5) is 25.3. The molecule has 0 radical (unpaired) electrons. The first-order chi connectivity index (χ1) is 14.0. The second-order valence-corrected chi connectivity index (χ2v) is 8.06. The minimum absolute atomic E-state index is 0.0358. The van der Waals surface area contributed by atoms with Crippen molar-refractivity contribution in [2.45, 2.75) is 77.9 Å². The van der Waals surface area contributed by atoms with E-state index in [2.05, 4.69) is 13.8 Å². The molecule has 154 valence electrons. The topological polar surface area (TPSA) is 65.7 Å². The van der Waals surface area contributed by atoms with Crippen LogP contribution in [0.2, 0.25) is 0 Å². The zero-order valence-corrected chi connectivity index (χ0v) is 17.4. The highest BCUT2D eigenvalue weighted by molar-refractivity contribution is 6.13. The molecule has 0 saturated heterocycles. The van der Waals surface area contributed by atoms with Crippen molar-refractivity contribution in [3.8, 4) is 11.5 Å². The van der Waals surface area contributed by atoms with Gasteiger partial charge in [-0.25, -0.2) is 4.79 Å². The summed E-state index contributed by atoms with van der Waals surface area (Å²) in [5.41, 5.74) is 1.93. The maximum Gasteiger partial charge on any atom is 0.336 e. The molecule has 3 heterocycles. The van der Waals surface area contributed by atoms with Crippen molar-refractivity contribution in [2.75, 3.05) is 0 Å². The average molecular weight is 396 g/mol. The van der Waals surface area contributed by atoms with Crippen molar-refractivity contribution < 1.29 is 18.7 Å². The Hall–Kier alpha value is -2.56. The number of hydrogen-bond acceptors (Lipinski definition) is 5. The summed E-state index contributed by atoms with van der Waals surface area (Å²) in [7, 11) is 0. The molecule has 0 amide bonds. The summed E-state index contributed by atoms with van der Waals surface area (Å²) in [5.74, 6) is 1.11. The molecule has 2 unspecified atom stereocenters. The van der Waals surface area contributed by atoms with E-state index in [1.165, 1.54) is 0 Å². The van der Waals surface area contributed by atoms with Crippen LogP contribution in [0.15, 0.2) is 21.4 Å². The lowest BCUT2D eigenvalue weighted by Crippen LogP contribution is -2.27. The molecule has 0 saturated carbocycles. The number of carbonyl (C=O) groups excluding carboxylic acids is 1. The van der Waals surface area contributed by atoms with E-state index < -0.39 is 5.63 Å². The third-order valence-corrected chi connectivity index (χ3v) is 5.67. The van der Waals surface area contributed by atoms with Crippen LogP contribution in [0.1, 0.15) is 80.8 Å². The molecule has 5 nitrogen and oxygen atoms in total. The quantitative estimate of drug-likeness (QED) is 0.607. The van der Waals surface area contributed by atoms with E-state index in [1.54, 1.807) is 6.07 Å². The van der Waals surface area contributed by atoms with E-state index in [1.807, 2.05) is 19.1 Å². The second-order valence-electron chi connectivity index (χ2n) is 8.06. The number of hydrogen-bond donors (Lipinski definition) is 0. The highest BCUT2D eigenvalue weighted by Crippen LogP contribution is 2.47. The molecule has 2 aliphatic rings. The van der Waals surface area contributed by atoms with Gasteiger partial charge in [0.25, 0.3) is 0 Å². The van der Waals surface area contributed by atoms with Gasteiger partial charge in [0.05, 0.1) is 10.9 Å². The van der Waals surface area contributed by atoms with Crippen molar-refractivity contribution in [1.29, 1.82) is 0 Å². The standard InChI is InChI=1S/C24H28O5/c1-4-6-8-15-13-19(26)29-24-20(15)22-17(11-10-16(28-22)9-7-5-2)23-21(24)18(25)12-14(3)27-23/h10-11,13-14,16H,4-9,12H2,1-3H3. The van der Waals surface area contributed by atoms with Crippen LogP contribution in [-0.4, -0.2) is 18.0 Å². The van der Waals surface area contributed by atoms with Gasteiger partial charge in [-0.15, -0.1) is 0 Å². The second kappa shape index (κ2) is 8.05. The first-order valence-electron chi connectivity index (χ1n) is 10.7. The van der Waals surface area contributed by atoms with E-state index >= 15 is 0 Å². The molecular weight excluding hydrogens is 368 g/mol. The molecule has 0 N–H and O–H groups in total. The Morgan fingerprint density at radius 3 is 2.62 bits per heavy atom. The number of unbranched alkanes of at least 4 members (excludes halogenated alkanes) is 2. The summed E-state index contributed by atoms with van der Waals surface area (Å²) in [6.07, 6.45) is 9.84. The van der Waals surface area contributed by atoms with Crippen LogP contribution in [-0.2, 0) is 6.42 Å². The van der Waals surface area contributed by atoms with Crippen LogP contribution in [0.3, 0.4) is 0 Å². The molecule has 5 heteroatoms. The number of carbonyl (C=O) groups is 1. The van der Waals surface area contributed by atoms with Crippen LogP contribution >= 0.6 is 0 Å². The molecule has 1 aromatic heterocycles. The summed E-state index contributed by atoms with van der Waals surface area (Å²) < 4.78 is 18.1. The fourth-order valence-corrected chi connectivity index (χ4v) is 4.22. The monoisotopic (exact) mass is 396 g/mol. The zero-order chi connectivity index (χ0) is 20.5. The van der Waals surface area contributed by atoms with Crippen LogP contribution in [0, 0.1) is 0 Å². The lowest BCUT2D eigenvalue weighted by atomic mass is 9.90. The van der Waals surface area contributed by atoms with Gasteiger partial charge in [0, 0.05) is 12.5 Å². The molecule has 29 heavy (non-hydrogen) atoms. The van der Waals surface area contributed by atoms with Crippen LogP contribution in [0.5, 0.6) is 11.5 Å². The van der Waals surface area contributed by atoms with Crippen molar-refractivity contribution in [1.82, 2.24) is 0 Å². The zero-order valence-electron chi connectivity index (χ0n) is 17.4. The molecule has 0 bridgehead atoms. The van der Waals surface area contributed by atoms with E-state index in [4.69, 9.17) is 13.9 Å². The number of ether oxygens (including phenoxy) is 2. The summed E-state index contributed by atoms with van der Waals surface area (Å²) in [6, 6.07) is 1.55. The van der Waals surface area contributed by atoms with Crippen LogP contribution in [0.4, 0.5) is 0 Å². The summed E-state index contributed by atoms with van der Waals surface area (Å²) >= 11 is 0. The van der Waals surface area contributed by atoms with Crippen LogP contribution < -0.4 is 15.1 Å². The molecule has 4 rings (SSSR count). The fourth-order valence-electron chi connectivity index (χ4n) is 4.22. The SMILES string of the molecule is CCCCc1cc(=O)oc2c3c(c4c(c12)OC(CCCC)C=C4)OC(C)CC3=O. The normalized spacial score (nSPS) is 20.2. The summed E-state index contributed by atoms with van der Waals surface area (Å²) in [5, 5.41) is 0.754. The molecule has 0 fully saturated rings. The Balaban J connectivity index is 2.00. The number of rotatable bonds is 6. The number of ketones is 1. The highest BCUT2D eigenvalue weighted by atomic mass is 16.5. The van der Waals surface area contributed by atoms with Gasteiger partial charge >= 0.3 is 5.63 Å².